The van der Waals surface area contributed by atoms with E-state index in [0.717, 1.165) is 32.8 Å². The predicted molar refractivity (Wildman–Crippen MR) is 332 cm³/mol. The first kappa shape index (κ1) is 65.3. The van der Waals surface area contributed by atoms with Crippen LogP contribution in [0.3, 0.4) is 0 Å². The van der Waals surface area contributed by atoms with Gasteiger partial charge in [0.15, 0.2) is 5.78 Å². The average Bonchev–Trinajstić information content (AvgIpc) is 1.76. The first-order chi connectivity index (χ1) is 42.2. The number of H-pyrrole nitrogens is 1. The number of primary amides is 1. The molecule has 2 aliphatic heterocycles. The number of nitrogens with one attached hydrogen (secondary N) is 5. The van der Waals surface area contributed by atoms with E-state index in [4.69, 9.17) is 10.5 Å². The summed E-state index contributed by atoms with van der Waals surface area (Å²) >= 11 is 1.55. The standard InChI is InChI=1S/C64H75FN9O13PS/c1-34(36-16-18-39(19-17-36)56-35(2)67-33-89-56)68-58(78)46-31-44(75)30-45(46)55(77)57(64(3,4)5)72-63(83)87-26-8-7-11-37-12-10-15-50(53(37)65)73(6)32-43(22-25-52(66)76)69-60(80)51-29-40-14-9-13-38-20-24-48(61(81)74(51)54(38)40)71-59(79)49-28-42-27-41(21-23-47(42)70-49)62(82)88(84,85)86/h9-10,12-19,21,23,27-28,33-34,43-46,48,51,57,70,75H,7-8,11,20,22,24-26,29-32H2,1-6H3,(H2,66,76)(H,68,78)(H,69,80)(H,71,79)(H,72,83)(H2,84,85,86)/t34-,43?,44-,45?,46+,48-,51-,57+/m0/s1. The molecule has 22 nitrogen and oxygen atoms in total. The molecular formula is C64H75FN9O13PS. The van der Waals surface area contributed by atoms with Crippen molar-refractivity contribution in [3.63, 3.8) is 0 Å². The van der Waals surface area contributed by atoms with Crippen molar-refractivity contribution in [3.05, 3.63) is 135 Å². The zero-order chi connectivity index (χ0) is 64.2. The highest BCUT2D eigenvalue weighted by atomic mass is 32.1. The van der Waals surface area contributed by atoms with Crippen LogP contribution in [-0.2, 0) is 52.5 Å². The van der Waals surface area contributed by atoms with E-state index in [1.54, 1.807) is 67.8 Å². The van der Waals surface area contributed by atoms with Crippen LogP contribution in [0.25, 0.3) is 21.3 Å². The maximum absolute atomic E-state index is 16.5. The molecule has 1 fully saturated rings. The number of hydrogen-bond donors (Lipinski definition) is 9. The third kappa shape index (κ3) is 15.1. The summed E-state index contributed by atoms with van der Waals surface area (Å²) in [5.41, 5.74) is 10.9. The summed E-state index contributed by atoms with van der Waals surface area (Å²) in [6, 6.07) is 19.1. The van der Waals surface area contributed by atoms with Crippen LogP contribution in [0.4, 0.5) is 20.6 Å². The lowest BCUT2D eigenvalue weighted by molar-refractivity contribution is -0.135. The van der Waals surface area contributed by atoms with Crippen molar-refractivity contribution in [2.45, 2.75) is 135 Å². The molecule has 4 heterocycles. The van der Waals surface area contributed by atoms with Gasteiger partial charge in [0.25, 0.3) is 11.4 Å². The van der Waals surface area contributed by atoms with E-state index < -0.39 is 102 Å². The fourth-order valence-corrected chi connectivity index (χ4v) is 13.6. The molecule has 2 aromatic heterocycles. The fraction of sp³-hybridized carbons (Fsp3) is 0.422. The van der Waals surface area contributed by atoms with Crippen molar-refractivity contribution < 1.29 is 66.9 Å². The number of aromatic nitrogens is 2. The number of halogens is 1. The number of nitrogens with two attached hydrogens (primary N) is 1. The number of alkyl carbamates (subject to hydrolysis) is 1. The number of benzene rings is 4. The minimum absolute atomic E-state index is 0.0122. The molecule has 8 atom stereocenters. The van der Waals surface area contributed by atoms with Gasteiger partial charge in [-0.2, -0.15) is 0 Å². The van der Waals surface area contributed by atoms with E-state index in [2.05, 4.69) is 31.2 Å². The molecule has 472 valence electrons. The summed E-state index contributed by atoms with van der Waals surface area (Å²) in [7, 11) is -3.43. The summed E-state index contributed by atoms with van der Waals surface area (Å²) in [6.45, 7) is 9.15. The molecule has 0 radical (unpaired) electrons. The number of aliphatic hydroxyl groups is 1. The number of hydrogen-bond acceptors (Lipinski definition) is 14. The Morgan fingerprint density at radius 2 is 1.65 bits per heavy atom. The molecule has 89 heavy (non-hydrogen) atoms. The third-order valence-corrected chi connectivity index (χ3v) is 18.7. The first-order valence-corrected chi connectivity index (χ1v) is 32.2. The molecule has 0 bridgehead atoms. The number of nitrogens with zero attached hydrogens (tertiary/aromatic N) is 3. The highest BCUT2D eigenvalue weighted by Gasteiger charge is 2.48. The van der Waals surface area contributed by atoms with Crippen LogP contribution in [0.5, 0.6) is 0 Å². The third-order valence-electron chi connectivity index (χ3n) is 16.9. The molecule has 1 saturated carbocycles. The van der Waals surface area contributed by atoms with Gasteiger partial charge in [-0.1, -0.05) is 75.4 Å². The van der Waals surface area contributed by atoms with Gasteiger partial charge in [-0.25, -0.2) is 14.2 Å². The largest absolute Gasteiger partial charge is 0.450 e. The van der Waals surface area contributed by atoms with E-state index >= 15 is 4.39 Å². The molecule has 0 saturated heterocycles. The summed E-state index contributed by atoms with van der Waals surface area (Å²) in [4.78, 5) is 139. The van der Waals surface area contributed by atoms with Gasteiger partial charge in [0.2, 0.25) is 23.6 Å². The minimum Gasteiger partial charge on any atom is -0.450 e. The minimum atomic E-state index is -5.07. The number of rotatable bonds is 24. The van der Waals surface area contributed by atoms with Crippen LogP contribution in [0, 0.1) is 30.0 Å². The Balaban J connectivity index is 0.781. The van der Waals surface area contributed by atoms with E-state index in [0.29, 0.717) is 41.4 Å². The topological polar surface area (TPSA) is 333 Å². The van der Waals surface area contributed by atoms with Crippen molar-refractivity contribution in [2.75, 3.05) is 30.0 Å². The predicted octanol–water partition coefficient (Wildman–Crippen LogP) is 7.24. The van der Waals surface area contributed by atoms with E-state index in [1.165, 1.54) is 29.2 Å². The molecule has 6 aromatic rings. The van der Waals surface area contributed by atoms with Crippen molar-refractivity contribution in [1.29, 1.82) is 0 Å². The molecule has 1 aliphatic carbocycles. The molecule has 0 spiro atoms. The maximum atomic E-state index is 16.5. The Morgan fingerprint density at radius 3 is 2.35 bits per heavy atom. The average molecular weight is 1260 g/mol. The van der Waals surface area contributed by atoms with Gasteiger partial charge < -0.3 is 56.5 Å². The fourth-order valence-electron chi connectivity index (χ4n) is 12.3. The number of likely N-dealkylation sites (N-methyl/N-ethyl adjacent to an activating group) is 1. The van der Waals surface area contributed by atoms with Gasteiger partial charge in [0, 0.05) is 54.9 Å². The van der Waals surface area contributed by atoms with Crippen LogP contribution in [0.1, 0.15) is 127 Å². The first-order valence-electron chi connectivity index (χ1n) is 29.7. The number of carbonyl (C=O) groups excluding carboxylic acids is 8. The van der Waals surface area contributed by atoms with Crippen LogP contribution in [0.15, 0.2) is 90.4 Å². The lowest BCUT2D eigenvalue weighted by atomic mass is 9.77. The van der Waals surface area contributed by atoms with Crippen molar-refractivity contribution in [1.82, 2.24) is 31.2 Å². The lowest BCUT2D eigenvalue weighted by Crippen LogP contribution is -2.56. The normalized spacial score (nSPS) is 19.1. The van der Waals surface area contributed by atoms with Gasteiger partial charge >= 0.3 is 13.7 Å². The maximum Gasteiger partial charge on any atom is 0.407 e. The number of anilines is 2. The Labute approximate surface area is 518 Å². The van der Waals surface area contributed by atoms with Crippen molar-refractivity contribution in [3.8, 4) is 10.4 Å². The number of aromatic amines is 1. The summed E-state index contributed by atoms with van der Waals surface area (Å²) in [5, 5.41) is 22.7. The molecule has 4 aromatic carbocycles. The number of amides is 6. The molecule has 9 rings (SSSR count). The zero-order valence-corrected chi connectivity index (χ0v) is 52.1. The Hall–Kier alpha value is -8.15. The van der Waals surface area contributed by atoms with Gasteiger partial charge in [0.1, 0.15) is 23.6 Å². The van der Waals surface area contributed by atoms with Gasteiger partial charge in [-0.3, -0.25) is 43.0 Å². The molecular weight excluding hydrogens is 1180 g/mol. The van der Waals surface area contributed by atoms with E-state index in [1.807, 2.05) is 56.3 Å². The van der Waals surface area contributed by atoms with Crippen molar-refractivity contribution in [2.24, 2.45) is 23.0 Å². The van der Waals surface area contributed by atoms with Crippen LogP contribution < -0.4 is 36.8 Å². The van der Waals surface area contributed by atoms with Gasteiger partial charge in [-0.05, 0) is 129 Å². The van der Waals surface area contributed by atoms with Crippen LogP contribution in [0.2, 0.25) is 0 Å². The van der Waals surface area contributed by atoms with Crippen LogP contribution >= 0.6 is 18.9 Å². The second kappa shape index (κ2) is 27.3. The number of Topliss-reactive ketones (excluding diaryl/α,β-unsaturated/α-hetero) is 1. The number of para-hydroxylation sites is 1. The molecule has 25 heteroatoms. The number of aliphatic hydroxyl groups excluding tert-OH is 1. The molecule has 2 unspecified atom stereocenters. The summed E-state index contributed by atoms with van der Waals surface area (Å²) in [6.07, 6.45) is 0.0844. The summed E-state index contributed by atoms with van der Waals surface area (Å²) in [5.74, 6) is -5.36. The number of ketones is 1. The highest BCUT2D eigenvalue weighted by molar-refractivity contribution is 7.70. The Bertz CT molecular complexity index is 3750. The van der Waals surface area contributed by atoms with E-state index in [9.17, 15) is 57.8 Å². The second-order valence-corrected chi connectivity index (χ2v) is 26.8. The number of thiazole rings is 1. The van der Waals surface area contributed by atoms with Gasteiger partial charge in [0.05, 0.1) is 58.2 Å². The zero-order valence-electron chi connectivity index (χ0n) is 50.3. The molecule has 10 N–H and O–H groups in total. The number of fused-ring (bicyclic) bond motifs is 1. The quantitative estimate of drug-likeness (QED) is 0.0213. The summed E-state index contributed by atoms with van der Waals surface area (Å²) < 4.78 is 33.6. The Morgan fingerprint density at radius 1 is 0.933 bits per heavy atom. The monoisotopic (exact) mass is 1260 g/mol. The Kier molecular flexibility index (Phi) is 20.0. The van der Waals surface area contributed by atoms with Gasteiger partial charge in [-0.15, -0.1) is 11.3 Å². The second-order valence-electron chi connectivity index (χ2n) is 24.5. The van der Waals surface area contributed by atoms with Crippen LogP contribution in [-0.4, -0.2) is 122 Å². The number of unbranched alkanes of at least 4 members (excludes halogenated alkanes) is 1. The molecule has 3 aliphatic rings. The highest BCUT2D eigenvalue weighted by Crippen LogP contribution is 2.42. The lowest BCUT2D eigenvalue weighted by Gasteiger charge is -2.33. The molecule has 6 amide bonds. The number of ether oxygens (including phenoxy) is 1. The number of aryl methyl sites for hydroxylation is 3. The number of carbonyl (C=O) groups is 8. The van der Waals surface area contributed by atoms with E-state index in [-0.39, 0.29) is 86.7 Å². The SMILES string of the molecule is Cc1ncsc1-c1ccc([C@H](C)NC(=O)[C@@H]2C[C@@H](O)CC2C(=O)[C@@H](NC(=O)OCCCCc2cccc(N(C)CC(CCC(N)=O)NC(=O)[C@@H]3Cc4cccc5c4N3C(=O)[C@@H](NC(=O)c3cc4cc(C(=O)P(=O)(O)O)ccc4[nH]3)CC5)c2F)C(C)(C)C)cc1. The van der Waals surface area contributed by atoms with Crippen molar-refractivity contribution >= 4 is 88.1 Å². The smallest absolute Gasteiger partial charge is 0.407 e.